The number of amides is 1. The number of carbonyl (C=O) groups excluding carboxylic acids is 2. The van der Waals surface area contributed by atoms with Crippen molar-refractivity contribution in [2.45, 2.75) is 31.3 Å². The molecule has 1 heterocycles. The number of nitrogens with one attached hydrogen (secondary N) is 1. The van der Waals surface area contributed by atoms with Crippen LogP contribution in [0.1, 0.15) is 13.3 Å². The molecule has 0 radical (unpaired) electrons. The minimum absolute atomic E-state index is 0.0347. The van der Waals surface area contributed by atoms with Crippen LogP contribution in [0.25, 0.3) is 0 Å². The highest BCUT2D eigenvalue weighted by molar-refractivity contribution is 8.02. The molecule has 2 rings (SSSR count). The molecule has 1 aromatic carbocycles. The smallest absolute Gasteiger partial charge is 0.387 e. The summed E-state index contributed by atoms with van der Waals surface area (Å²) in [6, 6.07) is 3.71. The number of anilines is 1. The van der Waals surface area contributed by atoms with Crippen molar-refractivity contribution in [2.75, 3.05) is 22.6 Å². The van der Waals surface area contributed by atoms with E-state index in [4.69, 9.17) is 16.3 Å². The molecular weight excluding hydrogens is 440 g/mol. The van der Waals surface area contributed by atoms with E-state index in [0.29, 0.717) is 6.42 Å². The molecule has 0 saturated carbocycles. The van der Waals surface area contributed by atoms with Gasteiger partial charge in [0, 0.05) is 10.9 Å². The van der Waals surface area contributed by atoms with Crippen molar-refractivity contribution < 1.29 is 36.3 Å². The Kier molecular flexibility index (Phi) is 7.90. The van der Waals surface area contributed by atoms with E-state index in [0.717, 1.165) is 0 Å². The van der Waals surface area contributed by atoms with Crippen molar-refractivity contribution in [1.82, 2.24) is 0 Å². The fraction of sp³-hybridized carbons (Fsp3) is 0.500. The Bertz CT molecular complexity index is 836. The monoisotopic (exact) mass is 457 g/mol. The predicted molar refractivity (Wildman–Crippen MR) is 102 cm³/mol. The van der Waals surface area contributed by atoms with Crippen LogP contribution in [0.5, 0.6) is 5.75 Å². The second kappa shape index (κ2) is 9.75. The van der Waals surface area contributed by atoms with Crippen LogP contribution < -0.4 is 10.1 Å². The Morgan fingerprint density at radius 3 is 2.68 bits per heavy atom. The average molecular weight is 458 g/mol. The Hall–Kier alpha value is -1.59. The van der Waals surface area contributed by atoms with Gasteiger partial charge in [-0.05, 0) is 31.5 Å². The van der Waals surface area contributed by atoms with E-state index in [1.807, 2.05) is 0 Å². The molecule has 2 unspecified atom stereocenters. The molecule has 0 aliphatic carbocycles. The van der Waals surface area contributed by atoms with Gasteiger partial charge < -0.3 is 14.8 Å². The molecule has 7 nitrogen and oxygen atoms in total. The quantitative estimate of drug-likeness (QED) is 0.599. The number of sulfone groups is 1. The molecule has 28 heavy (non-hydrogen) atoms. The van der Waals surface area contributed by atoms with Gasteiger partial charge in [-0.1, -0.05) is 11.6 Å². The van der Waals surface area contributed by atoms with E-state index in [1.54, 1.807) is 0 Å². The number of ether oxygens (including phenoxy) is 2. The molecule has 2 atom stereocenters. The van der Waals surface area contributed by atoms with Gasteiger partial charge in [0.2, 0.25) is 0 Å². The summed E-state index contributed by atoms with van der Waals surface area (Å²) in [4.78, 5) is 23.9. The number of carbonyl (C=O) groups is 2. The molecule has 1 N–H and O–H groups in total. The van der Waals surface area contributed by atoms with E-state index in [-0.39, 0.29) is 39.0 Å². The van der Waals surface area contributed by atoms with Crippen molar-refractivity contribution >= 4 is 50.8 Å². The zero-order valence-electron chi connectivity index (χ0n) is 14.7. The fourth-order valence-electron chi connectivity index (χ4n) is 2.38. The molecular formula is C16H18ClF2NO6S2. The molecule has 1 aromatic rings. The lowest BCUT2D eigenvalue weighted by molar-refractivity contribution is -0.150. The van der Waals surface area contributed by atoms with Crippen LogP contribution >= 0.6 is 23.4 Å². The largest absolute Gasteiger partial charge is 0.452 e. The molecule has 1 fully saturated rings. The van der Waals surface area contributed by atoms with Gasteiger partial charge in [-0.3, -0.25) is 9.59 Å². The number of benzene rings is 1. The Balaban J connectivity index is 1.80. The summed E-state index contributed by atoms with van der Waals surface area (Å²) in [5.41, 5.74) is 0.213. The molecule has 1 aliphatic rings. The van der Waals surface area contributed by atoms with Crippen molar-refractivity contribution in [2.24, 2.45) is 0 Å². The number of rotatable bonds is 8. The number of hydrogen-bond donors (Lipinski definition) is 1. The molecule has 156 valence electrons. The van der Waals surface area contributed by atoms with Crippen LogP contribution in [0.2, 0.25) is 5.02 Å². The lowest BCUT2D eigenvalue weighted by Gasteiger charge is -2.15. The summed E-state index contributed by atoms with van der Waals surface area (Å²) in [7, 11) is -3.03. The van der Waals surface area contributed by atoms with E-state index in [1.165, 1.54) is 36.9 Å². The van der Waals surface area contributed by atoms with Crippen LogP contribution in [0, 0.1) is 0 Å². The van der Waals surface area contributed by atoms with Crippen LogP contribution in [-0.2, 0) is 24.2 Å². The van der Waals surface area contributed by atoms with Crippen LogP contribution in [0.3, 0.4) is 0 Å². The maximum Gasteiger partial charge on any atom is 0.387 e. The van der Waals surface area contributed by atoms with Crippen molar-refractivity contribution in [3.05, 3.63) is 23.2 Å². The van der Waals surface area contributed by atoms with Crippen LogP contribution in [0.4, 0.5) is 14.5 Å². The SMILES string of the molecule is CC(OC(=O)CSC1CCS(=O)(=O)C1)C(=O)Nc1ccc(OC(F)F)c(Cl)c1. The highest BCUT2D eigenvalue weighted by atomic mass is 35.5. The van der Waals surface area contributed by atoms with E-state index in [2.05, 4.69) is 10.1 Å². The number of esters is 1. The first-order chi connectivity index (χ1) is 13.1. The molecule has 1 aliphatic heterocycles. The molecule has 0 spiro atoms. The maximum atomic E-state index is 12.2. The zero-order chi connectivity index (χ0) is 20.9. The fourth-order valence-corrected chi connectivity index (χ4v) is 6.03. The van der Waals surface area contributed by atoms with Crippen molar-refractivity contribution in [3.8, 4) is 5.75 Å². The molecule has 12 heteroatoms. The molecule has 0 bridgehead atoms. The van der Waals surface area contributed by atoms with Crippen LogP contribution in [-0.4, -0.2) is 55.5 Å². The van der Waals surface area contributed by atoms with Gasteiger partial charge in [-0.25, -0.2) is 8.42 Å². The number of halogens is 3. The number of thioether (sulfide) groups is 1. The highest BCUT2D eigenvalue weighted by Crippen LogP contribution is 2.29. The van der Waals surface area contributed by atoms with Gasteiger partial charge in [0.25, 0.3) is 5.91 Å². The van der Waals surface area contributed by atoms with Gasteiger partial charge in [-0.2, -0.15) is 8.78 Å². The summed E-state index contributed by atoms with van der Waals surface area (Å²) in [6.45, 7) is -1.66. The van der Waals surface area contributed by atoms with Gasteiger partial charge in [0.15, 0.2) is 15.9 Å². The number of hydrogen-bond acceptors (Lipinski definition) is 7. The zero-order valence-corrected chi connectivity index (χ0v) is 17.1. The molecule has 1 saturated heterocycles. The minimum Gasteiger partial charge on any atom is -0.452 e. The van der Waals surface area contributed by atoms with Gasteiger partial charge in [-0.15, -0.1) is 11.8 Å². The van der Waals surface area contributed by atoms with Gasteiger partial charge in [0.05, 0.1) is 22.3 Å². The second-order valence-electron chi connectivity index (χ2n) is 5.98. The summed E-state index contributed by atoms with van der Waals surface area (Å²) in [5, 5.41) is 2.17. The normalized spacial score (nSPS) is 19.2. The number of alkyl halides is 2. The van der Waals surface area contributed by atoms with E-state index < -0.39 is 34.4 Å². The third-order valence-electron chi connectivity index (χ3n) is 3.72. The van der Waals surface area contributed by atoms with Crippen molar-refractivity contribution in [3.63, 3.8) is 0 Å². The van der Waals surface area contributed by atoms with Gasteiger partial charge in [0.1, 0.15) is 5.75 Å². The second-order valence-corrected chi connectivity index (χ2v) is 9.91. The highest BCUT2D eigenvalue weighted by Gasteiger charge is 2.29. The first-order valence-corrected chi connectivity index (χ1v) is 11.4. The standard InChI is InChI=1S/C16H18ClF2NO6S2/c1-9(25-14(21)7-27-11-4-5-28(23,24)8-11)15(22)20-10-2-3-13(12(17)6-10)26-16(18)19/h2-3,6,9,11,16H,4-5,7-8H2,1H3,(H,20,22). The average Bonchev–Trinajstić information content (AvgIpc) is 2.94. The molecule has 1 amide bonds. The maximum absolute atomic E-state index is 12.2. The Labute approximate surface area is 170 Å². The predicted octanol–water partition coefficient (Wildman–Crippen LogP) is 2.73. The third-order valence-corrected chi connectivity index (χ3v) is 7.27. The van der Waals surface area contributed by atoms with E-state index in [9.17, 15) is 26.8 Å². The van der Waals surface area contributed by atoms with Crippen molar-refractivity contribution in [1.29, 1.82) is 0 Å². The molecule has 0 aromatic heterocycles. The Morgan fingerprint density at radius 1 is 1.39 bits per heavy atom. The first kappa shape index (κ1) is 22.7. The first-order valence-electron chi connectivity index (χ1n) is 8.12. The summed E-state index contributed by atoms with van der Waals surface area (Å²) < 4.78 is 56.4. The third kappa shape index (κ3) is 7.10. The summed E-state index contributed by atoms with van der Waals surface area (Å²) in [6.07, 6.45) is -0.626. The topological polar surface area (TPSA) is 98.8 Å². The van der Waals surface area contributed by atoms with Gasteiger partial charge >= 0.3 is 12.6 Å². The van der Waals surface area contributed by atoms with E-state index >= 15 is 0 Å². The summed E-state index contributed by atoms with van der Waals surface area (Å²) in [5.74, 6) is -1.44. The van der Waals surface area contributed by atoms with Crippen LogP contribution in [0.15, 0.2) is 18.2 Å². The summed E-state index contributed by atoms with van der Waals surface area (Å²) >= 11 is 6.99. The Morgan fingerprint density at radius 2 is 2.11 bits per heavy atom. The lowest BCUT2D eigenvalue weighted by Crippen LogP contribution is -2.30. The minimum atomic E-state index is -3.03. The lowest BCUT2D eigenvalue weighted by atomic mass is 10.3.